The second-order valence-electron chi connectivity index (χ2n) is 4.88. The van der Waals surface area contributed by atoms with Crippen LogP contribution in [0.1, 0.15) is 32.1 Å². The molecule has 1 aliphatic heterocycles. The number of amides is 1. The smallest absolute Gasteiger partial charge is 0.225 e. The van der Waals surface area contributed by atoms with E-state index in [1.54, 1.807) is 0 Å². The third-order valence-electron chi connectivity index (χ3n) is 3.80. The molecule has 2 atom stereocenters. The summed E-state index contributed by atoms with van der Waals surface area (Å²) in [6.07, 6.45) is 6.46. The molecular weight excluding hydrogens is 162 g/mol. The first-order chi connectivity index (χ1) is 6.36. The molecule has 0 aromatic rings. The summed E-state index contributed by atoms with van der Waals surface area (Å²) in [5.41, 5.74) is 0. The normalized spacial score (nSPS) is 38.0. The monoisotopic (exact) mass is 179 g/mol. The Morgan fingerprint density at radius 2 is 1.85 bits per heavy atom. The van der Waals surface area contributed by atoms with Crippen LogP contribution in [-0.2, 0) is 4.79 Å². The molecule has 72 valence electrons. The SMILES string of the molecule is O=C(C1CC1C1CC1)N1CCCC1. The molecule has 3 rings (SSSR count). The van der Waals surface area contributed by atoms with Crippen LogP contribution in [0.3, 0.4) is 0 Å². The topological polar surface area (TPSA) is 20.3 Å². The lowest BCUT2D eigenvalue weighted by Crippen LogP contribution is -2.29. The van der Waals surface area contributed by atoms with Crippen molar-refractivity contribution in [3.8, 4) is 0 Å². The van der Waals surface area contributed by atoms with E-state index < -0.39 is 0 Å². The molecule has 1 amide bonds. The minimum atomic E-state index is 0.450. The van der Waals surface area contributed by atoms with Gasteiger partial charge in [0.25, 0.3) is 0 Å². The number of hydrogen-bond acceptors (Lipinski definition) is 1. The summed E-state index contributed by atoms with van der Waals surface area (Å²) in [5.74, 6) is 2.67. The van der Waals surface area contributed by atoms with Crippen LogP contribution in [-0.4, -0.2) is 23.9 Å². The maximum Gasteiger partial charge on any atom is 0.225 e. The van der Waals surface area contributed by atoms with Gasteiger partial charge in [0.05, 0.1) is 0 Å². The van der Waals surface area contributed by atoms with Gasteiger partial charge in [0.2, 0.25) is 5.91 Å². The Morgan fingerprint density at radius 1 is 1.15 bits per heavy atom. The van der Waals surface area contributed by atoms with Gasteiger partial charge in [-0.2, -0.15) is 0 Å². The standard InChI is InChI=1S/C11H17NO/c13-11(12-5-1-2-6-12)10-7-9(10)8-3-4-8/h8-10H,1-7H2. The Morgan fingerprint density at radius 3 is 2.46 bits per heavy atom. The van der Waals surface area contributed by atoms with Crippen molar-refractivity contribution in [2.75, 3.05) is 13.1 Å². The summed E-state index contributed by atoms with van der Waals surface area (Å²) in [4.78, 5) is 14.0. The average Bonchev–Trinajstić information content (AvgIpc) is 3.00. The van der Waals surface area contributed by atoms with Gasteiger partial charge in [-0.15, -0.1) is 0 Å². The average molecular weight is 179 g/mol. The molecule has 3 aliphatic rings. The van der Waals surface area contributed by atoms with E-state index in [1.807, 2.05) is 0 Å². The largest absolute Gasteiger partial charge is 0.342 e. The molecule has 2 nitrogen and oxygen atoms in total. The molecule has 1 heterocycles. The fourth-order valence-electron chi connectivity index (χ4n) is 2.72. The minimum Gasteiger partial charge on any atom is -0.342 e. The molecule has 2 heteroatoms. The van der Waals surface area contributed by atoms with E-state index in [2.05, 4.69) is 4.90 Å². The van der Waals surface area contributed by atoms with Gasteiger partial charge in [-0.1, -0.05) is 0 Å². The predicted molar refractivity (Wildman–Crippen MR) is 50.1 cm³/mol. The Bertz CT molecular complexity index is 228. The van der Waals surface area contributed by atoms with Gasteiger partial charge in [-0.3, -0.25) is 4.79 Å². The van der Waals surface area contributed by atoms with E-state index in [4.69, 9.17) is 0 Å². The van der Waals surface area contributed by atoms with Crippen LogP contribution in [0.25, 0.3) is 0 Å². The summed E-state index contributed by atoms with van der Waals surface area (Å²) in [6.45, 7) is 2.07. The quantitative estimate of drug-likeness (QED) is 0.631. The van der Waals surface area contributed by atoms with E-state index in [-0.39, 0.29) is 0 Å². The van der Waals surface area contributed by atoms with Crippen LogP contribution in [0, 0.1) is 17.8 Å². The Kier molecular flexibility index (Phi) is 1.64. The van der Waals surface area contributed by atoms with Crippen molar-refractivity contribution >= 4 is 5.91 Å². The summed E-state index contributed by atoms with van der Waals surface area (Å²) < 4.78 is 0. The second-order valence-corrected chi connectivity index (χ2v) is 4.88. The number of rotatable bonds is 2. The van der Waals surface area contributed by atoms with E-state index in [1.165, 1.54) is 32.1 Å². The minimum absolute atomic E-state index is 0.450. The van der Waals surface area contributed by atoms with Crippen LogP contribution < -0.4 is 0 Å². The number of carbonyl (C=O) groups excluding carboxylic acids is 1. The van der Waals surface area contributed by atoms with Crippen molar-refractivity contribution in [3.63, 3.8) is 0 Å². The number of nitrogens with zero attached hydrogens (tertiary/aromatic N) is 1. The predicted octanol–water partition coefficient (Wildman–Crippen LogP) is 1.65. The van der Waals surface area contributed by atoms with E-state index in [0.29, 0.717) is 11.8 Å². The van der Waals surface area contributed by atoms with Gasteiger partial charge in [0.15, 0.2) is 0 Å². The van der Waals surface area contributed by atoms with E-state index in [9.17, 15) is 4.79 Å². The molecule has 1 saturated heterocycles. The molecular formula is C11H17NO. The lowest BCUT2D eigenvalue weighted by molar-refractivity contribution is -0.131. The summed E-state index contributed by atoms with van der Waals surface area (Å²) >= 11 is 0. The zero-order valence-corrected chi connectivity index (χ0v) is 8.04. The molecule has 0 aromatic carbocycles. The molecule has 0 N–H and O–H groups in total. The highest BCUT2D eigenvalue weighted by molar-refractivity contribution is 5.82. The maximum atomic E-state index is 11.9. The van der Waals surface area contributed by atoms with Gasteiger partial charge in [-0.25, -0.2) is 0 Å². The van der Waals surface area contributed by atoms with Gasteiger partial charge >= 0.3 is 0 Å². The second kappa shape index (κ2) is 2.73. The summed E-state index contributed by atoms with van der Waals surface area (Å²) in [6, 6.07) is 0. The highest BCUT2D eigenvalue weighted by Gasteiger charge is 2.52. The zero-order chi connectivity index (χ0) is 8.84. The number of hydrogen-bond donors (Lipinski definition) is 0. The highest BCUT2D eigenvalue weighted by atomic mass is 16.2. The zero-order valence-electron chi connectivity index (χ0n) is 8.04. The summed E-state index contributed by atoms with van der Waals surface area (Å²) in [5, 5.41) is 0. The van der Waals surface area contributed by atoms with Crippen LogP contribution in [0.4, 0.5) is 0 Å². The van der Waals surface area contributed by atoms with Gasteiger partial charge in [0.1, 0.15) is 0 Å². The van der Waals surface area contributed by atoms with Crippen LogP contribution in [0.5, 0.6) is 0 Å². The lowest BCUT2D eigenvalue weighted by atomic mass is 10.2. The molecule has 13 heavy (non-hydrogen) atoms. The van der Waals surface area contributed by atoms with Gasteiger partial charge in [0, 0.05) is 19.0 Å². The fourth-order valence-corrected chi connectivity index (χ4v) is 2.72. The van der Waals surface area contributed by atoms with E-state index in [0.717, 1.165) is 24.9 Å². The number of carbonyl (C=O) groups is 1. The van der Waals surface area contributed by atoms with Gasteiger partial charge < -0.3 is 4.90 Å². The van der Waals surface area contributed by atoms with Crippen LogP contribution in [0.15, 0.2) is 0 Å². The Labute approximate surface area is 79.3 Å². The molecule has 3 fully saturated rings. The molecule has 0 spiro atoms. The van der Waals surface area contributed by atoms with E-state index >= 15 is 0 Å². The van der Waals surface area contributed by atoms with Crippen molar-refractivity contribution in [1.29, 1.82) is 0 Å². The molecule has 2 unspecified atom stereocenters. The third kappa shape index (κ3) is 1.36. The van der Waals surface area contributed by atoms with Crippen LogP contribution in [0.2, 0.25) is 0 Å². The third-order valence-corrected chi connectivity index (χ3v) is 3.80. The first-order valence-electron chi connectivity index (χ1n) is 5.65. The van der Waals surface area contributed by atoms with Gasteiger partial charge in [-0.05, 0) is 43.9 Å². The summed E-state index contributed by atoms with van der Waals surface area (Å²) in [7, 11) is 0. The molecule has 2 aliphatic carbocycles. The first-order valence-corrected chi connectivity index (χ1v) is 5.65. The first kappa shape index (κ1) is 7.84. The highest BCUT2D eigenvalue weighted by Crippen LogP contribution is 2.55. The fraction of sp³-hybridized carbons (Fsp3) is 0.909. The van der Waals surface area contributed by atoms with Crippen molar-refractivity contribution in [1.82, 2.24) is 4.90 Å². The molecule has 0 aromatic heterocycles. The maximum absolute atomic E-state index is 11.9. The van der Waals surface area contributed by atoms with Crippen molar-refractivity contribution in [2.45, 2.75) is 32.1 Å². The lowest BCUT2D eigenvalue weighted by Gasteiger charge is -2.14. The molecule has 0 bridgehead atoms. The Hall–Kier alpha value is -0.530. The van der Waals surface area contributed by atoms with Crippen molar-refractivity contribution < 1.29 is 4.79 Å². The molecule has 0 radical (unpaired) electrons. The molecule has 2 saturated carbocycles. The number of likely N-dealkylation sites (tertiary alicyclic amines) is 1. The van der Waals surface area contributed by atoms with Crippen molar-refractivity contribution in [3.05, 3.63) is 0 Å². The van der Waals surface area contributed by atoms with Crippen LogP contribution >= 0.6 is 0 Å². The van der Waals surface area contributed by atoms with Crippen molar-refractivity contribution in [2.24, 2.45) is 17.8 Å². The Balaban J connectivity index is 1.57.